The molecule has 5 nitrogen and oxygen atoms in total. The fraction of sp³-hybridized carbons (Fsp3) is 0.500. The molecule has 1 atom stereocenters. The Balaban J connectivity index is 1.49. The van der Waals surface area contributed by atoms with Gasteiger partial charge in [-0.05, 0) is 62.6 Å². The average molecular weight is 338 g/mol. The molecule has 0 spiro atoms. The number of rotatable bonds is 5. The van der Waals surface area contributed by atoms with Crippen molar-refractivity contribution in [1.82, 2.24) is 20.0 Å². The monoisotopic (exact) mass is 338 g/mol. The first-order valence-corrected chi connectivity index (χ1v) is 9.31. The molecule has 2 aliphatic rings. The van der Waals surface area contributed by atoms with Crippen LogP contribution in [-0.4, -0.2) is 33.8 Å². The molecule has 5 heteroatoms. The third-order valence-corrected chi connectivity index (χ3v) is 5.66. The molecule has 1 aromatic carbocycles. The van der Waals surface area contributed by atoms with Gasteiger partial charge >= 0.3 is 6.03 Å². The van der Waals surface area contributed by atoms with Crippen LogP contribution in [0.4, 0.5) is 4.79 Å². The predicted octanol–water partition coefficient (Wildman–Crippen LogP) is 3.30. The Labute approximate surface area is 149 Å². The standard InChI is InChI=1S/C20H26N4O/c1-14(15-11-12-15)23(2)20(25)21-13-18-17-9-6-10-19(17)24(22-18)16-7-4-3-5-8-16/h3-5,7-8,14-15H,6,9-13H2,1-2H3,(H,21,25)/t14-/m0/s1. The molecular formula is C20H26N4O. The number of carbonyl (C=O) groups is 1. The summed E-state index contributed by atoms with van der Waals surface area (Å²) in [4.78, 5) is 14.3. The second-order valence-corrected chi connectivity index (χ2v) is 7.32. The highest BCUT2D eigenvalue weighted by molar-refractivity contribution is 5.74. The van der Waals surface area contributed by atoms with Crippen molar-refractivity contribution in [3.8, 4) is 5.69 Å². The van der Waals surface area contributed by atoms with Crippen LogP contribution in [0, 0.1) is 5.92 Å². The first-order chi connectivity index (χ1) is 12.1. The maximum Gasteiger partial charge on any atom is 0.317 e. The Morgan fingerprint density at radius 1 is 1.32 bits per heavy atom. The number of para-hydroxylation sites is 1. The lowest BCUT2D eigenvalue weighted by Gasteiger charge is -2.25. The smallest absolute Gasteiger partial charge is 0.317 e. The number of fused-ring (bicyclic) bond motifs is 1. The van der Waals surface area contributed by atoms with Gasteiger partial charge in [0.1, 0.15) is 0 Å². The fourth-order valence-electron chi connectivity index (χ4n) is 3.80. The minimum Gasteiger partial charge on any atom is -0.332 e. The number of amides is 2. The quantitative estimate of drug-likeness (QED) is 0.909. The Hall–Kier alpha value is -2.30. The maximum atomic E-state index is 12.4. The first-order valence-electron chi connectivity index (χ1n) is 9.31. The summed E-state index contributed by atoms with van der Waals surface area (Å²) < 4.78 is 2.06. The van der Waals surface area contributed by atoms with E-state index in [9.17, 15) is 4.79 Å². The van der Waals surface area contributed by atoms with Crippen LogP contribution >= 0.6 is 0 Å². The predicted molar refractivity (Wildman–Crippen MR) is 97.8 cm³/mol. The summed E-state index contributed by atoms with van der Waals surface area (Å²) in [6.45, 7) is 2.64. The summed E-state index contributed by atoms with van der Waals surface area (Å²) in [6.07, 6.45) is 5.77. The number of nitrogens with zero attached hydrogens (tertiary/aromatic N) is 3. The van der Waals surface area contributed by atoms with Crippen molar-refractivity contribution >= 4 is 6.03 Å². The molecule has 25 heavy (non-hydrogen) atoms. The van der Waals surface area contributed by atoms with E-state index in [2.05, 4.69) is 29.1 Å². The van der Waals surface area contributed by atoms with Gasteiger partial charge in [0.15, 0.2) is 0 Å². The van der Waals surface area contributed by atoms with Crippen LogP contribution in [0.5, 0.6) is 0 Å². The van der Waals surface area contributed by atoms with Gasteiger partial charge < -0.3 is 10.2 Å². The van der Waals surface area contributed by atoms with Gasteiger partial charge in [0.25, 0.3) is 0 Å². The van der Waals surface area contributed by atoms with Crippen LogP contribution in [0.2, 0.25) is 0 Å². The van der Waals surface area contributed by atoms with Gasteiger partial charge in [0.05, 0.1) is 17.9 Å². The summed E-state index contributed by atoms with van der Waals surface area (Å²) in [5.74, 6) is 0.678. The molecule has 0 bridgehead atoms. The molecular weight excluding hydrogens is 312 g/mol. The lowest BCUT2D eigenvalue weighted by molar-refractivity contribution is 0.187. The number of urea groups is 1. The number of nitrogens with one attached hydrogen (secondary N) is 1. The van der Waals surface area contributed by atoms with E-state index in [-0.39, 0.29) is 6.03 Å². The lowest BCUT2D eigenvalue weighted by atomic mass is 10.2. The normalized spacial score (nSPS) is 17.2. The number of benzene rings is 1. The summed E-state index contributed by atoms with van der Waals surface area (Å²) >= 11 is 0. The van der Waals surface area contributed by atoms with E-state index < -0.39 is 0 Å². The number of carbonyl (C=O) groups excluding carboxylic acids is 1. The molecule has 2 amide bonds. The molecule has 1 saturated carbocycles. The van der Waals surface area contributed by atoms with Crippen LogP contribution in [0.3, 0.4) is 0 Å². The van der Waals surface area contributed by atoms with E-state index >= 15 is 0 Å². The molecule has 132 valence electrons. The first kappa shape index (κ1) is 16.2. The van der Waals surface area contributed by atoms with Gasteiger partial charge in [-0.15, -0.1) is 0 Å². The molecule has 1 N–H and O–H groups in total. The Morgan fingerprint density at radius 3 is 2.80 bits per heavy atom. The van der Waals surface area contributed by atoms with Gasteiger partial charge in [0, 0.05) is 18.8 Å². The lowest BCUT2D eigenvalue weighted by Crippen LogP contribution is -2.43. The van der Waals surface area contributed by atoms with Crippen molar-refractivity contribution in [1.29, 1.82) is 0 Å². The fourth-order valence-corrected chi connectivity index (χ4v) is 3.80. The van der Waals surface area contributed by atoms with Crippen molar-refractivity contribution in [3.63, 3.8) is 0 Å². The van der Waals surface area contributed by atoms with Gasteiger partial charge in [0.2, 0.25) is 0 Å². The van der Waals surface area contributed by atoms with Crippen molar-refractivity contribution in [2.24, 2.45) is 5.92 Å². The SMILES string of the molecule is C[C@@H](C1CC1)N(C)C(=O)NCc1nn(-c2ccccc2)c2c1CCC2. The zero-order valence-electron chi connectivity index (χ0n) is 15.0. The molecule has 1 aromatic heterocycles. The zero-order chi connectivity index (χ0) is 17.4. The molecule has 4 rings (SSSR count). The number of hydrogen-bond donors (Lipinski definition) is 1. The van der Waals surface area contributed by atoms with Crippen molar-refractivity contribution in [2.45, 2.75) is 51.6 Å². The average Bonchev–Trinajstić information content (AvgIpc) is 3.28. The third-order valence-electron chi connectivity index (χ3n) is 5.66. The Kier molecular flexibility index (Phi) is 4.24. The highest BCUT2D eigenvalue weighted by Crippen LogP contribution is 2.34. The largest absolute Gasteiger partial charge is 0.332 e. The summed E-state index contributed by atoms with van der Waals surface area (Å²) in [5, 5.41) is 7.88. The second-order valence-electron chi connectivity index (χ2n) is 7.32. The van der Waals surface area contributed by atoms with Gasteiger partial charge in [-0.3, -0.25) is 0 Å². The molecule has 1 fully saturated rings. The molecule has 1 heterocycles. The topological polar surface area (TPSA) is 50.2 Å². The highest BCUT2D eigenvalue weighted by Gasteiger charge is 2.32. The van der Waals surface area contributed by atoms with Gasteiger partial charge in [-0.25, -0.2) is 9.48 Å². The molecule has 2 aliphatic carbocycles. The minimum atomic E-state index is 0.000378. The van der Waals surface area contributed by atoms with E-state index in [1.807, 2.05) is 30.1 Å². The van der Waals surface area contributed by atoms with Crippen molar-refractivity contribution < 1.29 is 4.79 Å². The third kappa shape index (κ3) is 3.15. The Morgan fingerprint density at radius 2 is 2.08 bits per heavy atom. The van der Waals surface area contributed by atoms with E-state index in [1.165, 1.54) is 30.5 Å². The number of hydrogen-bond acceptors (Lipinski definition) is 2. The van der Waals surface area contributed by atoms with Gasteiger partial charge in [-0.2, -0.15) is 5.10 Å². The van der Waals surface area contributed by atoms with Crippen LogP contribution in [0.25, 0.3) is 5.69 Å². The van der Waals surface area contributed by atoms with Crippen LogP contribution in [-0.2, 0) is 19.4 Å². The van der Waals surface area contributed by atoms with E-state index in [0.717, 1.165) is 24.2 Å². The van der Waals surface area contributed by atoms with E-state index in [1.54, 1.807) is 0 Å². The summed E-state index contributed by atoms with van der Waals surface area (Å²) in [5.41, 5.74) is 4.73. The molecule has 2 aromatic rings. The minimum absolute atomic E-state index is 0.000378. The van der Waals surface area contributed by atoms with Crippen molar-refractivity contribution in [3.05, 3.63) is 47.3 Å². The summed E-state index contributed by atoms with van der Waals surface area (Å²) in [6, 6.07) is 10.6. The summed E-state index contributed by atoms with van der Waals surface area (Å²) in [7, 11) is 1.89. The van der Waals surface area contributed by atoms with E-state index in [4.69, 9.17) is 5.10 Å². The maximum absolute atomic E-state index is 12.4. The van der Waals surface area contributed by atoms with Crippen molar-refractivity contribution in [2.75, 3.05) is 7.05 Å². The van der Waals surface area contributed by atoms with Crippen LogP contribution < -0.4 is 5.32 Å². The second kappa shape index (κ2) is 6.54. The molecule has 0 unspecified atom stereocenters. The number of aromatic nitrogens is 2. The van der Waals surface area contributed by atoms with E-state index in [0.29, 0.717) is 18.5 Å². The molecule has 0 aliphatic heterocycles. The van der Waals surface area contributed by atoms with Crippen LogP contribution in [0.1, 0.15) is 43.1 Å². The Bertz CT molecular complexity index is 764. The molecule has 0 radical (unpaired) electrons. The highest BCUT2D eigenvalue weighted by atomic mass is 16.2. The zero-order valence-corrected chi connectivity index (χ0v) is 15.0. The molecule has 0 saturated heterocycles. The van der Waals surface area contributed by atoms with Crippen LogP contribution in [0.15, 0.2) is 30.3 Å². The van der Waals surface area contributed by atoms with Gasteiger partial charge in [-0.1, -0.05) is 18.2 Å².